The van der Waals surface area contributed by atoms with Crippen molar-refractivity contribution in [2.24, 2.45) is 0 Å². The number of H-pyrrole nitrogens is 1. The van der Waals surface area contributed by atoms with Crippen LogP contribution in [0, 0.1) is 13.8 Å². The number of hydrogen-bond acceptors (Lipinski definition) is 3. The SMILES string of the molecule is C=CN([C@@H]1CCCN(c2cccc3[nH]c(C)c(C)c23)C1)S(=O)[O-]. The topological polar surface area (TPSA) is 62.4 Å². The molecule has 6 heteroatoms. The molecule has 3 rings (SSSR count). The molecule has 2 atom stereocenters. The Bertz CT molecular complexity index is 756. The first kappa shape index (κ1) is 16.1. The van der Waals surface area contributed by atoms with Gasteiger partial charge in [-0.2, -0.15) is 0 Å². The molecule has 1 N–H and O–H groups in total. The van der Waals surface area contributed by atoms with E-state index in [9.17, 15) is 8.76 Å². The first-order valence-electron chi connectivity index (χ1n) is 7.86. The fourth-order valence-electron chi connectivity index (χ4n) is 3.50. The van der Waals surface area contributed by atoms with Crippen molar-refractivity contribution in [3.8, 4) is 0 Å². The second kappa shape index (κ2) is 6.37. The second-order valence-electron chi connectivity index (χ2n) is 6.08. The highest BCUT2D eigenvalue weighted by atomic mass is 32.2. The molecule has 0 saturated carbocycles. The summed E-state index contributed by atoms with van der Waals surface area (Å²) >= 11 is -2.27. The van der Waals surface area contributed by atoms with Crippen LogP contribution in [0.2, 0.25) is 0 Å². The third-order valence-electron chi connectivity index (χ3n) is 4.75. The predicted octanol–water partition coefficient (Wildman–Crippen LogP) is 2.99. The fourth-order valence-corrected chi connectivity index (χ4v) is 4.04. The molecule has 0 radical (unpaired) electrons. The molecule has 0 spiro atoms. The van der Waals surface area contributed by atoms with Gasteiger partial charge in [0.2, 0.25) is 0 Å². The minimum atomic E-state index is -2.27. The maximum atomic E-state index is 11.4. The highest BCUT2D eigenvalue weighted by Gasteiger charge is 2.26. The van der Waals surface area contributed by atoms with Crippen LogP contribution < -0.4 is 4.90 Å². The number of fused-ring (bicyclic) bond motifs is 1. The summed E-state index contributed by atoms with van der Waals surface area (Å²) in [5, 5.41) is 1.24. The fraction of sp³-hybridized carbons (Fsp3) is 0.412. The lowest BCUT2D eigenvalue weighted by atomic mass is 10.0. The van der Waals surface area contributed by atoms with Crippen LogP contribution in [0.4, 0.5) is 5.69 Å². The number of aromatic nitrogens is 1. The van der Waals surface area contributed by atoms with Crippen molar-refractivity contribution in [2.45, 2.75) is 32.7 Å². The van der Waals surface area contributed by atoms with Gasteiger partial charge in [0.15, 0.2) is 0 Å². The quantitative estimate of drug-likeness (QED) is 0.876. The zero-order valence-corrected chi connectivity index (χ0v) is 14.4. The number of nitrogens with one attached hydrogen (secondary N) is 1. The van der Waals surface area contributed by atoms with E-state index >= 15 is 0 Å². The molecule has 1 aromatic carbocycles. The molecule has 1 aliphatic heterocycles. The van der Waals surface area contributed by atoms with Crippen LogP contribution in [-0.4, -0.2) is 37.2 Å². The van der Waals surface area contributed by atoms with E-state index in [0.29, 0.717) is 6.54 Å². The van der Waals surface area contributed by atoms with E-state index in [4.69, 9.17) is 0 Å². The van der Waals surface area contributed by atoms with Gasteiger partial charge in [-0.25, -0.2) is 0 Å². The van der Waals surface area contributed by atoms with Crippen LogP contribution in [0.15, 0.2) is 31.0 Å². The van der Waals surface area contributed by atoms with Crippen LogP contribution >= 0.6 is 0 Å². The Morgan fingerprint density at radius 1 is 1.48 bits per heavy atom. The summed E-state index contributed by atoms with van der Waals surface area (Å²) in [5.41, 5.74) is 4.74. The van der Waals surface area contributed by atoms with E-state index in [1.54, 1.807) is 0 Å². The highest BCUT2D eigenvalue weighted by molar-refractivity contribution is 7.76. The summed E-state index contributed by atoms with van der Waals surface area (Å²) in [6.07, 6.45) is 3.23. The van der Waals surface area contributed by atoms with E-state index in [0.717, 1.165) is 24.9 Å². The van der Waals surface area contributed by atoms with E-state index in [1.165, 1.54) is 32.8 Å². The van der Waals surface area contributed by atoms with E-state index < -0.39 is 11.3 Å². The Hall–Kier alpha value is -1.79. The van der Waals surface area contributed by atoms with Gasteiger partial charge in [-0.05, 0) is 44.4 Å². The highest BCUT2D eigenvalue weighted by Crippen LogP contribution is 2.33. The lowest BCUT2D eigenvalue weighted by Gasteiger charge is -2.40. The van der Waals surface area contributed by atoms with Crippen LogP contribution in [-0.2, 0) is 11.3 Å². The number of anilines is 1. The summed E-state index contributed by atoms with van der Waals surface area (Å²) in [6.45, 7) is 9.46. The van der Waals surface area contributed by atoms with Gasteiger partial charge in [-0.15, -0.1) is 0 Å². The first-order chi connectivity index (χ1) is 11.0. The van der Waals surface area contributed by atoms with Crippen LogP contribution in [0.3, 0.4) is 0 Å². The van der Waals surface area contributed by atoms with Gasteiger partial charge in [0.25, 0.3) is 0 Å². The summed E-state index contributed by atoms with van der Waals surface area (Å²) in [7, 11) is 0. The Morgan fingerprint density at radius 2 is 2.26 bits per heavy atom. The van der Waals surface area contributed by atoms with Crippen LogP contribution in [0.25, 0.3) is 10.9 Å². The van der Waals surface area contributed by atoms with Crippen molar-refractivity contribution >= 4 is 27.9 Å². The molecule has 23 heavy (non-hydrogen) atoms. The van der Waals surface area contributed by atoms with Crippen molar-refractivity contribution < 1.29 is 8.76 Å². The molecular weight excluding hydrogens is 310 g/mol. The summed E-state index contributed by atoms with van der Waals surface area (Å²) in [5.74, 6) is 0. The van der Waals surface area contributed by atoms with E-state index in [-0.39, 0.29) is 6.04 Å². The summed E-state index contributed by atoms with van der Waals surface area (Å²) in [4.78, 5) is 5.71. The number of hydrogen-bond donors (Lipinski definition) is 1. The number of piperidine rings is 1. The monoisotopic (exact) mass is 332 g/mol. The van der Waals surface area contributed by atoms with Crippen molar-refractivity contribution in [1.29, 1.82) is 0 Å². The van der Waals surface area contributed by atoms with Crippen LogP contribution in [0.1, 0.15) is 24.1 Å². The van der Waals surface area contributed by atoms with Gasteiger partial charge in [-0.1, -0.05) is 12.6 Å². The number of aromatic amines is 1. The van der Waals surface area contributed by atoms with Crippen molar-refractivity contribution in [3.63, 3.8) is 0 Å². The van der Waals surface area contributed by atoms with Gasteiger partial charge in [0, 0.05) is 52.8 Å². The molecule has 1 fully saturated rings. The number of benzene rings is 1. The Kier molecular flexibility index (Phi) is 4.46. The molecule has 1 saturated heterocycles. The van der Waals surface area contributed by atoms with Crippen molar-refractivity contribution in [2.75, 3.05) is 18.0 Å². The Balaban J connectivity index is 1.96. The number of nitrogens with zero attached hydrogens (tertiary/aromatic N) is 2. The lowest BCUT2D eigenvalue weighted by molar-refractivity contribution is 0.333. The zero-order chi connectivity index (χ0) is 16.6. The van der Waals surface area contributed by atoms with Crippen molar-refractivity contribution in [3.05, 3.63) is 42.2 Å². The molecule has 0 amide bonds. The Labute approximate surface area is 139 Å². The third kappa shape index (κ3) is 2.88. The van der Waals surface area contributed by atoms with E-state index in [2.05, 4.69) is 42.4 Å². The summed E-state index contributed by atoms with van der Waals surface area (Å²) < 4.78 is 24.1. The molecule has 0 bridgehead atoms. The smallest absolute Gasteiger partial charge is 0.0587 e. The van der Waals surface area contributed by atoms with Gasteiger partial charge in [0.1, 0.15) is 0 Å². The normalized spacial score (nSPS) is 19.8. The minimum Gasteiger partial charge on any atom is -0.755 e. The average Bonchev–Trinajstić information content (AvgIpc) is 2.83. The number of rotatable bonds is 4. The van der Waals surface area contributed by atoms with E-state index in [1.807, 2.05) is 6.07 Å². The second-order valence-corrected chi connectivity index (χ2v) is 6.93. The maximum absolute atomic E-state index is 11.4. The average molecular weight is 332 g/mol. The minimum absolute atomic E-state index is 0.0600. The molecule has 124 valence electrons. The molecule has 2 aromatic rings. The molecule has 1 aromatic heterocycles. The largest absolute Gasteiger partial charge is 0.755 e. The third-order valence-corrected chi connectivity index (χ3v) is 5.54. The molecule has 1 aliphatic rings. The molecule has 2 heterocycles. The van der Waals surface area contributed by atoms with Gasteiger partial charge in [0.05, 0.1) is 6.04 Å². The molecule has 0 aliphatic carbocycles. The molecule has 1 unspecified atom stereocenters. The van der Waals surface area contributed by atoms with Gasteiger partial charge < -0.3 is 18.7 Å². The van der Waals surface area contributed by atoms with Gasteiger partial charge in [-0.3, -0.25) is 4.21 Å². The molecular formula is C17H22N3O2S-. The number of aryl methyl sites for hydroxylation is 2. The van der Waals surface area contributed by atoms with Crippen molar-refractivity contribution in [1.82, 2.24) is 9.29 Å². The standard InChI is InChI=1S/C17H23N3O2S/c1-4-20(23(21)22)14-7-6-10-19(11-14)16-9-5-8-15-17(16)12(2)13(3)18-15/h4-5,8-9,14,18H,1,6-7,10-11H2,2-3H3,(H,21,22)/p-1/t14-/m1/s1. The molecule has 5 nitrogen and oxygen atoms in total. The van der Waals surface area contributed by atoms with Crippen LogP contribution in [0.5, 0.6) is 0 Å². The first-order valence-corrected chi connectivity index (χ1v) is 8.89. The zero-order valence-electron chi connectivity index (χ0n) is 13.5. The Morgan fingerprint density at radius 3 is 2.96 bits per heavy atom. The lowest BCUT2D eigenvalue weighted by Crippen LogP contribution is -2.46. The predicted molar refractivity (Wildman–Crippen MR) is 94.0 cm³/mol. The summed E-state index contributed by atoms with van der Waals surface area (Å²) in [6, 6.07) is 6.20. The van der Waals surface area contributed by atoms with Gasteiger partial charge >= 0.3 is 0 Å². The maximum Gasteiger partial charge on any atom is 0.0587 e.